The molecule has 1 aliphatic rings. The van der Waals surface area contributed by atoms with Crippen molar-refractivity contribution in [1.29, 1.82) is 0 Å². The van der Waals surface area contributed by atoms with Crippen LogP contribution >= 0.6 is 0 Å². The molecule has 2 N–H and O–H groups in total. The van der Waals surface area contributed by atoms with E-state index in [4.69, 9.17) is 10.1 Å². The van der Waals surface area contributed by atoms with Crippen molar-refractivity contribution in [2.45, 2.75) is 51.7 Å². The smallest absolute Gasteiger partial charge is 0.406 e. The van der Waals surface area contributed by atoms with Gasteiger partial charge in [-0.2, -0.15) is 5.10 Å². The maximum Gasteiger partial charge on any atom is 0.406 e. The van der Waals surface area contributed by atoms with Crippen LogP contribution in [0.15, 0.2) is 24.3 Å². The first-order chi connectivity index (χ1) is 12.6. The molecule has 1 saturated carbocycles. The average molecular weight is 357 g/mol. The molecule has 3 rings (SSSR count). The second-order valence-electron chi connectivity index (χ2n) is 6.82. The number of ether oxygens (including phenoxy) is 1. The molecule has 26 heavy (non-hydrogen) atoms. The zero-order chi connectivity index (χ0) is 18.5. The van der Waals surface area contributed by atoms with Gasteiger partial charge in [-0.15, -0.1) is 0 Å². The van der Waals surface area contributed by atoms with Crippen LogP contribution in [0.2, 0.25) is 0 Å². The van der Waals surface area contributed by atoms with Crippen molar-refractivity contribution < 1.29 is 9.53 Å². The van der Waals surface area contributed by atoms with E-state index in [0.717, 1.165) is 23.6 Å². The Kier molecular flexibility index (Phi) is 5.88. The zero-order valence-electron chi connectivity index (χ0n) is 15.7. The fourth-order valence-electron chi connectivity index (χ4n) is 2.78. The molecular formula is C19H27N5O2. The lowest BCUT2D eigenvalue weighted by Gasteiger charge is -2.08. The number of carbonyl (C=O) groups is 1. The number of alkyl carbamates (subject to hydrolysis) is 1. The third kappa shape index (κ3) is 4.82. The predicted molar refractivity (Wildman–Crippen MR) is 99.8 cm³/mol. The molecule has 0 saturated heterocycles. The predicted octanol–water partition coefficient (Wildman–Crippen LogP) is 2.81. The van der Waals surface area contributed by atoms with Gasteiger partial charge in [-0.3, -0.25) is 0 Å². The van der Waals surface area contributed by atoms with Gasteiger partial charge in [0.2, 0.25) is 0 Å². The lowest BCUT2D eigenvalue weighted by atomic mass is 10.1. The number of methoxy groups -OCH3 is 1. The van der Waals surface area contributed by atoms with Crippen molar-refractivity contribution in [2.24, 2.45) is 0 Å². The highest BCUT2D eigenvalue weighted by atomic mass is 16.5. The van der Waals surface area contributed by atoms with E-state index in [1.807, 2.05) is 4.68 Å². The summed E-state index contributed by atoms with van der Waals surface area (Å²) in [5, 5.41) is 11.0. The number of benzene rings is 1. The van der Waals surface area contributed by atoms with Crippen molar-refractivity contribution in [3.05, 3.63) is 35.7 Å². The quantitative estimate of drug-likeness (QED) is 0.710. The van der Waals surface area contributed by atoms with E-state index < -0.39 is 6.09 Å². The van der Waals surface area contributed by atoms with Gasteiger partial charge in [-0.05, 0) is 33.1 Å². The molecule has 1 aromatic heterocycles. The van der Waals surface area contributed by atoms with Crippen molar-refractivity contribution in [1.82, 2.24) is 25.4 Å². The van der Waals surface area contributed by atoms with Crippen LogP contribution in [0.3, 0.4) is 0 Å². The zero-order valence-corrected chi connectivity index (χ0v) is 15.7. The third-order valence-electron chi connectivity index (χ3n) is 4.45. The first-order valence-corrected chi connectivity index (χ1v) is 9.16. The highest BCUT2D eigenvalue weighted by molar-refractivity contribution is 5.66. The summed E-state index contributed by atoms with van der Waals surface area (Å²) < 4.78 is 6.53. The monoisotopic (exact) mass is 357 g/mol. The highest BCUT2D eigenvalue weighted by Crippen LogP contribution is 2.25. The molecular weight excluding hydrogens is 330 g/mol. The van der Waals surface area contributed by atoms with Gasteiger partial charge in [0.05, 0.1) is 13.2 Å². The molecule has 1 fully saturated rings. The van der Waals surface area contributed by atoms with E-state index in [1.54, 1.807) is 0 Å². The van der Waals surface area contributed by atoms with E-state index >= 15 is 0 Å². The molecule has 140 valence electrons. The fourth-order valence-corrected chi connectivity index (χ4v) is 2.78. The topological polar surface area (TPSA) is 81.1 Å². The first kappa shape index (κ1) is 18.4. The van der Waals surface area contributed by atoms with Crippen LogP contribution in [-0.4, -0.2) is 40.6 Å². The first-order valence-electron chi connectivity index (χ1n) is 9.16. The summed E-state index contributed by atoms with van der Waals surface area (Å²) in [4.78, 5) is 16.0. The molecule has 1 atom stereocenters. The van der Waals surface area contributed by atoms with Gasteiger partial charge in [-0.1, -0.05) is 29.8 Å². The van der Waals surface area contributed by atoms with E-state index in [2.05, 4.69) is 53.5 Å². The van der Waals surface area contributed by atoms with Gasteiger partial charge >= 0.3 is 6.09 Å². The van der Waals surface area contributed by atoms with Gasteiger partial charge < -0.3 is 15.4 Å². The number of aromatic nitrogens is 3. The molecule has 2 aromatic rings. The normalized spacial score (nSPS) is 14.9. The minimum Gasteiger partial charge on any atom is -0.453 e. The molecule has 0 bridgehead atoms. The van der Waals surface area contributed by atoms with Crippen LogP contribution in [-0.2, 0) is 11.3 Å². The number of hydrogen-bond donors (Lipinski definition) is 2. The SMILES string of the molecule is COC(=O)NCCCn1nc([C@@H](C)NC2CC2)nc1-c1ccc(C)cc1. The molecule has 7 heteroatoms. The number of rotatable bonds is 8. The Labute approximate surface area is 154 Å². The summed E-state index contributed by atoms with van der Waals surface area (Å²) in [6.07, 6.45) is 2.80. The van der Waals surface area contributed by atoms with Crippen LogP contribution in [0.25, 0.3) is 11.4 Å². The molecule has 1 amide bonds. The second-order valence-corrected chi connectivity index (χ2v) is 6.82. The van der Waals surface area contributed by atoms with Crippen molar-refractivity contribution >= 4 is 6.09 Å². The minimum absolute atomic E-state index is 0.126. The van der Waals surface area contributed by atoms with Crippen LogP contribution in [0, 0.1) is 6.92 Å². The summed E-state index contributed by atoms with van der Waals surface area (Å²) in [6.45, 7) is 5.39. The summed E-state index contributed by atoms with van der Waals surface area (Å²) in [5.74, 6) is 1.68. The lowest BCUT2D eigenvalue weighted by Crippen LogP contribution is -2.25. The van der Waals surface area contributed by atoms with Crippen molar-refractivity contribution in [2.75, 3.05) is 13.7 Å². The number of amides is 1. The number of carbonyl (C=O) groups excluding carboxylic acids is 1. The Morgan fingerprint density at radius 2 is 2.08 bits per heavy atom. The van der Waals surface area contributed by atoms with Gasteiger partial charge in [0.15, 0.2) is 11.6 Å². The summed E-state index contributed by atoms with van der Waals surface area (Å²) in [7, 11) is 1.36. The Bertz CT molecular complexity index is 737. The number of aryl methyl sites for hydroxylation is 2. The van der Waals surface area contributed by atoms with E-state index in [0.29, 0.717) is 19.1 Å². The molecule has 0 spiro atoms. The Morgan fingerprint density at radius 3 is 2.73 bits per heavy atom. The molecule has 1 aromatic carbocycles. The van der Waals surface area contributed by atoms with E-state index in [-0.39, 0.29) is 6.04 Å². The second kappa shape index (κ2) is 8.31. The van der Waals surface area contributed by atoms with Crippen molar-refractivity contribution in [3.8, 4) is 11.4 Å². The van der Waals surface area contributed by atoms with E-state index in [9.17, 15) is 4.79 Å². The minimum atomic E-state index is -0.412. The molecule has 7 nitrogen and oxygen atoms in total. The summed E-state index contributed by atoms with van der Waals surface area (Å²) in [6, 6.07) is 9.04. The third-order valence-corrected chi connectivity index (χ3v) is 4.45. The lowest BCUT2D eigenvalue weighted by molar-refractivity contribution is 0.170. The van der Waals surface area contributed by atoms with E-state index in [1.165, 1.54) is 25.5 Å². The number of hydrogen-bond acceptors (Lipinski definition) is 5. The molecule has 0 aliphatic heterocycles. The van der Waals surface area contributed by atoms with Crippen LogP contribution in [0.1, 0.15) is 43.6 Å². The highest BCUT2D eigenvalue weighted by Gasteiger charge is 2.25. The number of nitrogens with one attached hydrogen (secondary N) is 2. The summed E-state index contributed by atoms with van der Waals surface area (Å²) >= 11 is 0. The molecule has 0 unspecified atom stereocenters. The van der Waals surface area contributed by atoms with Crippen LogP contribution in [0.4, 0.5) is 4.79 Å². The molecule has 1 aliphatic carbocycles. The summed E-state index contributed by atoms with van der Waals surface area (Å²) in [5.41, 5.74) is 2.26. The Hall–Kier alpha value is -2.41. The van der Waals surface area contributed by atoms with Gasteiger partial charge in [0.25, 0.3) is 0 Å². The van der Waals surface area contributed by atoms with Gasteiger partial charge in [0, 0.05) is 24.7 Å². The average Bonchev–Trinajstić information content (AvgIpc) is 3.35. The standard InChI is InChI=1S/C19H27N5O2/c1-13-5-7-15(8-6-13)18-22-17(14(2)21-16-9-10-16)23-24(18)12-4-11-20-19(25)26-3/h5-8,14,16,21H,4,9-12H2,1-3H3,(H,20,25)/t14-/m1/s1. The Balaban J connectivity index is 1.74. The number of nitrogens with zero attached hydrogens (tertiary/aromatic N) is 3. The van der Waals surface area contributed by atoms with Gasteiger partial charge in [0.1, 0.15) is 0 Å². The molecule has 0 radical (unpaired) electrons. The maximum absolute atomic E-state index is 11.2. The fraction of sp³-hybridized carbons (Fsp3) is 0.526. The van der Waals surface area contributed by atoms with Gasteiger partial charge in [-0.25, -0.2) is 14.5 Å². The van der Waals surface area contributed by atoms with Crippen LogP contribution < -0.4 is 10.6 Å². The molecule has 1 heterocycles. The maximum atomic E-state index is 11.2. The van der Waals surface area contributed by atoms with Crippen LogP contribution in [0.5, 0.6) is 0 Å². The Morgan fingerprint density at radius 1 is 1.35 bits per heavy atom. The van der Waals surface area contributed by atoms with Crippen molar-refractivity contribution in [3.63, 3.8) is 0 Å². The largest absolute Gasteiger partial charge is 0.453 e.